The average Bonchev–Trinajstić information content (AvgIpc) is 3.27. The summed E-state index contributed by atoms with van der Waals surface area (Å²) in [6, 6.07) is 3.78. The number of ether oxygens (including phenoxy) is 1. The highest BCUT2D eigenvalue weighted by Crippen LogP contribution is 2.41. The van der Waals surface area contributed by atoms with Gasteiger partial charge < -0.3 is 25.4 Å². The molecule has 25 heavy (non-hydrogen) atoms. The molecule has 0 bridgehead atoms. The molecule has 0 spiro atoms. The zero-order valence-corrected chi connectivity index (χ0v) is 14.5. The largest absolute Gasteiger partial charge is 0.511 e. The number of halogens is 2. The van der Waals surface area contributed by atoms with Gasteiger partial charge in [0.1, 0.15) is 11.6 Å². The third kappa shape index (κ3) is 3.52. The van der Waals surface area contributed by atoms with Crippen LogP contribution >= 0.6 is 12.4 Å². The Hall–Kier alpha value is -1.99. The van der Waals surface area contributed by atoms with Gasteiger partial charge in [0.05, 0.1) is 5.69 Å². The van der Waals surface area contributed by atoms with E-state index < -0.39 is 6.16 Å². The molecule has 0 amide bonds. The number of hydrogen-bond donors (Lipinski definition) is 2. The second-order valence-electron chi connectivity index (χ2n) is 6.71. The Balaban J connectivity index is 0.00000182. The van der Waals surface area contributed by atoms with Crippen LogP contribution in [0.3, 0.4) is 0 Å². The lowest BCUT2D eigenvalue weighted by Gasteiger charge is -2.30. The molecule has 1 aliphatic carbocycles. The maximum Gasteiger partial charge on any atom is 0.511 e. The van der Waals surface area contributed by atoms with Crippen molar-refractivity contribution >= 4 is 29.9 Å². The van der Waals surface area contributed by atoms with E-state index in [2.05, 4.69) is 0 Å². The smallest absolute Gasteiger partial charge is 0.449 e. The number of nitrogens with two attached hydrogens (primary N) is 1. The van der Waals surface area contributed by atoms with Crippen molar-refractivity contribution in [1.82, 2.24) is 0 Å². The van der Waals surface area contributed by atoms with Crippen LogP contribution in [-0.4, -0.2) is 36.4 Å². The van der Waals surface area contributed by atoms with Crippen molar-refractivity contribution in [1.29, 1.82) is 0 Å². The van der Waals surface area contributed by atoms with E-state index in [9.17, 15) is 9.18 Å². The zero-order chi connectivity index (χ0) is 16.8. The van der Waals surface area contributed by atoms with Crippen LogP contribution in [0.1, 0.15) is 24.8 Å². The van der Waals surface area contributed by atoms with Crippen molar-refractivity contribution in [2.75, 3.05) is 22.9 Å². The number of benzene rings is 1. The molecule has 3 N–H and O–H groups in total. The van der Waals surface area contributed by atoms with Gasteiger partial charge in [0.25, 0.3) is 0 Å². The summed E-state index contributed by atoms with van der Waals surface area (Å²) < 4.78 is 19.4. The van der Waals surface area contributed by atoms with E-state index in [1.165, 1.54) is 6.07 Å². The van der Waals surface area contributed by atoms with E-state index in [1.54, 1.807) is 6.20 Å². The Labute approximate surface area is 151 Å². The molecule has 3 aliphatic rings. The first-order chi connectivity index (χ1) is 11.5. The van der Waals surface area contributed by atoms with Crippen molar-refractivity contribution in [3.05, 3.63) is 35.5 Å². The van der Waals surface area contributed by atoms with Crippen molar-refractivity contribution in [2.24, 2.45) is 5.73 Å². The van der Waals surface area contributed by atoms with E-state index in [0.29, 0.717) is 24.0 Å². The Morgan fingerprint density at radius 2 is 2.04 bits per heavy atom. The quantitative estimate of drug-likeness (QED) is 0.798. The number of hydrogen-bond acceptors (Lipinski definition) is 5. The highest BCUT2D eigenvalue weighted by Gasteiger charge is 2.34. The molecule has 1 aromatic rings. The van der Waals surface area contributed by atoms with Crippen LogP contribution < -0.4 is 15.5 Å². The number of nitrogens with zero attached hydrogens (tertiary/aromatic N) is 2. The molecule has 1 saturated heterocycles. The Morgan fingerprint density at radius 1 is 1.28 bits per heavy atom. The molecule has 2 fully saturated rings. The molecule has 1 saturated carbocycles. The second kappa shape index (κ2) is 6.72. The number of anilines is 2. The highest BCUT2D eigenvalue weighted by atomic mass is 35.5. The first-order valence-electron chi connectivity index (χ1n) is 8.24. The standard InChI is InChI=1S/C17H20FN3O3.ClH/c18-14-6-10-5-13(24-17(22)23)9-21(12-1-2-12)15(10)7-16(14)20-4-3-11(19)8-20;/h6-7,9,11-12H,1-5,8,19H2,(H,22,23);1H. The summed E-state index contributed by atoms with van der Waals surface area (Å²) in [6.07, 6.45) is 3.62. The molecule has 2 aliphatic heterocycles. The normalized spacial score (nSPS) is 22.2. The molecule has 0 radical (unpaired) electrons. The topological polar surface area (TPSA) is 79.0 Å². The van der Waals surface area contributed by atoms with Gasteiger partial charge in [-0.2, -0.15) is 0 Å². The Morgan fingerprint density at radius 3 is 2.64 bits per heavy atom. The molecule has 1 aromatic carbocycles. The lowest BCUT2D eigenvalue weighted by molar-refractivity contribution is 0.116. The van der Waals surface area contributed by atoms with E-state index >= 15 is 0 Å². The molecule has 136 valence electrons. The first kappa shape index (κ1) is 17.8. The van der Waals surface area contributed by atoms with Crippen molar-refractivity contribution in [3.63, 3.8) is 0 Å². The number of fused-ring (bicyclic) bond motifs is 1. The van der Waals surface area contributed by atoms with E-state index in [1.807, 2.05) is 15.9 Å². The second-order valence-corrected chi connectivity index (χ2v) is 6.71. The summed E-state index contributed by atoms with van der Waals surface area (Å²) in [4.78, 5) is 14.8. The Bertz CT molecular complexity index is 723. The minimum Gasteiger partial charge on any atom is -0.449 e. The summed E-state index contributed by atoms with van der Waals surface area (Å²) in [5, 5.41) is 8.85. The summed E-state index contributed by atoms with van der Waals surface area (Å²) in [7, 11) is 0. The van der Waals surface area contributed by atoms with Gasteiger partial charge in [-0.15, -0.1) is 12.4 Å². The molecule has 0 aromatic heterocycles. The zero-order valence-electron chi connectivity index (χ0n) is 13.7. The van der Waals surface area contributed by atoms with Crippen LogP contribution in [0.5, 0.6) is 0 Å². The van der Waals surface area contributed by atoms with Gasteiger partial charge in [-0.05, 0) is 37.0 Å². The number of allylic oxidation sites excluding steroid dienone is 1. The van der Waals surface area contributed by atoms with Crippen molar-refractivity contribution < 1.29 is 19.0 Å². The third-order valence-corrected chi connectivity index (χ3v) is 4.80. The van der Waals surface area contributed by atoms with E-state index in [0.717, 1.165) is 37.1 Å². The lowest BCUT2D eigenvalue weighted by Crippen LogP contribution is -2.29. The Kier molecular flexibility index (Phi) is 4.79. The predicted octanol–water partition coefficient (Wildman–Crippen LogP) is 2.85. The van der Waals surface area contributed by atoms with Crippen LogP contribution in [-0.2, 0) is 11.2 Å². The fraction of sp³-hybridized carbons (Fsp3) is 0.471. The summed E-state index contributed by atoms with van der Waals surface area (Å²) in [5.74, 6) is 0.0346. The van der Waals surface area contributed by atoms with Crippen LogP contribution in [0.25, 0.3) is 0 Å². The molecule has 4 rings (SSSR count). The van der Waals surface area contributed by atoms with E-state index in [-0.39, 0.29) is 30.7 Å². The van der Waals surface area contributed by atoms with Gasteiger partial charge in [-0.1, -0.05) is 0 Å². The van der Waals surface area contributed by atoms with Gasteiger partial charge in [0.15, 0.2) is 0 Å². The van der Waals surface area contributed by atoms with Crippen LogP contribution in [0.15, 0.2) is 24.1 Å². The monoisotopic (exact) mass is 369 g/mol. The molecule has 1 atom stereocenters. The van der Waals surface area contributed by atoms with E-state index in [4.69, 9.17) is 15.6 Å². The minimum atomic E-state index is -1.34. The maximum atomic E-state index is 14.6. The van der Waals surface area contributed by atoms with Gasteiger partial charge in [-0.25, -0.2) is 9.18 Å². The fourth-order valence-electron chi connectivity index (χ4n) is 3.51. The molecule has 6 nitrogen and oxygen atoms in total. The highest BCUT2D eigenvalue weighted by molar-refractivity contribution is 5.85. The number of carbonyl (C=O) groups is 1. The molecular formula is C17H21ClFN3O3. The number of rotatable bonds is 3. The summed E-state index contributed by atoms with van der Waals surface area (Å²) in [6.45, 7) is 1.41. The lowest BCUT2D eigenvalue weighted by atomic mass is 10.0. The van der Waals surface area contributed by atoms with Crippen LogP contribution in [0, 0.1) is 5.82 Å². The predicted molar refractivity (Wildman–Crippen MR) is 94.9 cm³/mol. The van der Waals surface area contributed by atoms with Gasteiger partial charge in [0, 0.05) is 43.5 Å². The minimum absolute atomic E-state index is 0. The summed E-state index contributed by atoms with van der Waals surface area (Å²) in [5.41, 5.74) is 8.21. The maximum absolute atomic E-state index is 14.6. The molecule has 1 unspecified atom stereocenters. The SMILES string of the molecule is Cl.NC1CCN(c2cc3c(cc2F)CC(OC(=O)O)=CN3C2CC2)C1. The molecular weight excluding hydrogens is 349 g/mol. The van der Waals surface area contributed by atoms with Gasteiger partial charge in [0.2, 0.25) is 0 Å². The van der Waals surface area contributed by atoms with Gasteiger partial charge >= 0.3 is 6.16 Å². The van der Waals surface area contributed by atoms with Crippen LogP contribution in [0.2, 0.25) is 0 Å². The van der Waals surface area contributed by atoms with Crippen LogP contribution in [0.4, 0.5) is 20.6 Å². The first-order valence-corrected chi connectivity index (χ1v) is 8.24. The van der Waals surface area contributed by atoms with Crippen molar-refractivity contribution in [3.8, 4) is 0 Å². The van der Waals surface area contributed by atoms with Crippen molar-refractivity contribution in [2.45, 2.75) is 37.8 Å². The fourth-order valence-corrected chi connectivity index (χ4v) is 3.51. The third-order valence-electron chi connectivity index (χ3n) is 4.80. The van der Waals surface area contributed by atoms with Gasteiger partial charge in [-0.3, -0.25) is 0 Å². The molecule has 8 heteroatoms. The average molecular weight is 370 g/mol. The number of carboxylic acid groups (broad SMARTS) is 1. The summed E-state index contributed by atoms with van der Waals surface area (Å²) >= 11 is 0. The molecule has 2 heterocycles.